The number of hydrogen-bond acceptors (Lipinski definition) is 2. The fourth-order valence-corrected chi connectivity index (χ4v) is 2.84. The summed E-state index contributed by atoms with van der Waals surface area (Å²) in [6, 6.07) is 1.35. The van der Waals surface area contributed by atoms with E-state index in [1.54, 1.807) is 0 Å². The lowest BCUT2D eigenvalue weighted by atomic mass is 10.1. The second-order valence-corrected chi connectivity index (χ2v) is 7.26. The minimum Gasteiger partial charge on any atom is -0.359 e. The molecule has 1 N–H and O–H groups in total. The summed E-state index contributed by atoms with van der Waals surface area (Å²) in [4.78, 5) is 3.64. The minimum absolute atomic E-state index is 0.0805. The van der Waals surface area contributed by atoms with E-state index >= 15 is 0 Å². The predicted octanol–water partition coefficient (Wildman–Crippen LogP) is 8.87. The maximum atomic E-state index is 13.0. The first-order valence-electron chi connectivity index (χ1n) is 9.26. The van der Waals surface area contributed by atoms with Crippen molar-refractivity contribution in [1.29, 1.82) is 0 Å². The van der Waals surface area contributed by atoms with Crippen LogP contribution in [-0.2, 0) is 24.7 Å². The van der Waals surface area contributed by atoms with Gasteiger partial charge >= 0.3 is 24.7 Å². The zero-order valence-electron chi connectivity index (χ0n) is 17.5. The molecular formula is C21H14F12N2. The van der Waals surface area contributed by atoms with Gasteiger partial charge in [0.25, 0.3) is 0 Å². The number of benzene rings is 2. The Bertz CT molecular complexity index is 1070. The summed E-state index contributed by atoms with van der Waals surface area (Å²) < 4.78 is 156. The van der Waals surface area contributed by atoms with Gasteiger partial charge in [-0.25, -0.2) is 0 Å². The van der Waals surface area contributed by atoms with Crippen LogP contribution in [0.4, 0.5) is 64.1 Å². The Morgan fingerprint density at radius 1 is 0.600 bits per heavy atom. The summed E-state index contributed by atoms with van der Waals surface area (Å²) in [5.41, 5.74) is -8.00. The monoisotopic (exact) mass is 522 g/mol. The van der Waals surface area contributed by atoms with Crippen molar-refractivity contribution in [1.82, 2.24) is 0 Å². The van der Waals surface area contributed by atoms with Crippen LogP contribution in [0.2, 0.25) is 0 Å². The molecule has 0 atom stereocenters. The predicted molar refractivity (Wildman–Crippen MR) is 103 cm³/mol. The molecule has 0 saturated heterocycles. The van der Waals surface area contributed by atoms with Gasteiger partial charge in [0, 0.05) is 17.1 Å². The minimum atomic E-state index is -5.10. The lowest BCUT2D eigenvalue weighted by Gasteiger charge is -2.15. The second-order valence-electron chi connectivity index (χ2n) is 7.26. The van der Waals surface area contributed by atoms with Crippen LogP contribution in [-0.4, -0.2) is 5.71 Å². The van der Waals surface area contributed by atoms with E-state index < -0.39 is 58.3 Å². The molecule has 0 aliphatic heterocycles. The molecule has 2 nitrogen and oxygen atoms in total. The maximum absolute atomic E-state index is 13.0. The molecule has 0 spiro atoms. The first-order valence-corrected chi connectivity index (χ1v) is 9.26. The third-order valence-electron chi connectivity index (χ3n) is 4.23. The molecule has 0 fully saturated rings. The number of anilines is 1. The summed E-state index contributed by atoms with van der Waals surface area (Å²) in [5, 5.41) is 2.28. The lowest BCUT2D eigenvalue weighted by Crippen LogP contribution is -2.12. The van der Waals surface area contributed by atoms with Gasteiger partial charge in [-0.3, -0.25) is 4.99 Å². The van der Waals surface area contributed by atoms with Crippen molar-refractivity contribution in [2.75, 3.05) is 5.32 Å². The highest BCUT2D eigenvalue weighted by atomic mass is 19.4. The highest BCUT2D eigenvalue weighted by Crippen LogP contribution is 2.39. The van der Waals surface area contributed by atoms with E-state index in [9.17, 15) is 52.7 Å². The van der Waals surface area contributed by atoms with Gasteiger partial charge in [0.1, 0.15) is 0 Å². The fraction of sp³-hybridized carbons (Fsp3) is 0.286. The number of allylic oxidation sites excluding steroid dienone is 2. The van der Waals surface area contributed by atoms with Crippen molar-refractivity contribution in [2.24, 2.45) is 4.99 Å². The van der Waals surface area contributed by atoms with Crippen molar-refractivity contribution in [3.8, 4) is 0 Å². The number of nitrogens with one attached hydrogen (secondary N) is 1. The van der Waals surface area contributed by atoms with Crippen LogP contribution in [0.5, 0.6) is 0 Å². The normalized spacial score (nSPS) is 14.3. The zero-order valence-corrected chi connectivity index (χ0v) is 17.5. The van der Waals surface area contributed by atoms with E-state index in [1.807, 2.05) is 0 Å². The molecule has 0 saturated carbocycles. The van der Waals surface area contributed by atoms with Gasteiger partial charge in [0.15, 0.2) is 0 Å². The van der Waals surface area contributed by atoms with Gasteiger partial charge in [-0.05, 0) is 56.3 Å². The van der Waals surface area contributed by atoms with Crippen LogP contribution in [0.25, 0.3) is 0 Å². The highest BCUT2D eigenvalue weighted by Gasteiger charge is 2.38. The summed E-state index contributed by atoms with van der Waals surface area (Å²) in [6.45, 7) is 2.35. The van der Waals surface area contributed by atoms with E-state index in [2.05, 4.69) is 10.3 Å². The van der Waals surface area contributed by atoms with Gasteiger partial charge in [0.2, 0.25) is 0 Å². The van der Waals surface area contributed by atoms with E-state index in [4.69, 9.17) is 0 Å². The molecule has 0 amide bonds. The molecule has 2 aromatic carbocycles. The van der Waals surface area contributed by atoms with Gasteiger partial charge in [0.05, 0.1) is 27.9 Å². The van der Waals surface area contributed by atoms with Crippen LogP contribution < -0.4 is 5.32 Å². The number of halogens is 12. The van der Waals surface area contributed by atoms with E-state index in [1.165, 1.54) is 6.92 Å². The largest absolute Gasteiger partial charge is 0.416 e. The summed E-state index contributed by atoms with van der Waals surface area (Å²) in [6.07, 6.45) is -19.4. The number of hydrogen-bond donors (Lipinski definition) is 1. The molecule has 0 aliphatic rings. The molecule has 35 heavy (non-hydrogen) atoms. The van der Waals surface area contributed by atoms with E-state index in [-0.39, 0.29) is 23.5 Å². The Morgan fingerprint density at radius 3 is 1.29 bits per heavy atom. The van der Waals surface area contributed by atoms with Gasteiger partial charge in [-0.2, -0.15) is 52.7 Å². The Kier molecular flexibility index (Phi) is 7.58. The third-order valence-corrected chi connectivity index (χ3v) is 4.23. The molecule has 0 unspecified atom stereocenters. The third kappa shape index (κ3) is 7.92. The lowest BCUT2D eigenvalue weighted by molar-refractivity contribution is -0.144. The van der Waals surface area contributed by atoms with Gasteiger partial charge in [-0.15, -0.1) is 0 Å². The maximum Gasteiger partial charge on any atom is 0.416 e. The smallest absolute Gasteiger partial charge is 0.359 e. The number of nitrogens with zero attached hydrogens (tertiary/aromatic N) is 1. The number of alkyl halides is 12. The van der Waals surface area contributed by atoms with Crippen molar-refractivity contribution >= 4 is 17.1 Å². The van der Waals surface area contributed by atoms with E-state index in [0.717, 1.165) is 13.0 Å². The first kappa shape index (κ1) is 28.1. The van der Waals surface area contributed by atoms with Crippen molar-refractivity contribution < 1.29 is 52.7 Å². The Labute approximate surface area is 190 Å². The summed E-state index contributed by atoms with van der Waals surface area (Å²) in [7, 11) is 0. The molecule has 0 bridgehead atoms. The molecule has 2 aromatic rings. The topological polar surface area (TPSA) is 24.4 Å². The standard InChI is InChI=1S/C21H14F12N2/c1-10(34-16-6-12(18(22,23)24)4-13(7-16)19(25,26)27)3-11(2)35-17-8-14(20(28,29)30)5-15(9-17)21(31,32)33/h3-9,34H,1-2H3/b10-3+,35-11?. The van der Waals surface area contributed by atoms with Crippen LogP contribution in [0, 0.1) is 0 Å². The number of aliphatic imine (C=N–C) groups is 1. The number of rotatable bonds is 4. The highest BCUT2D eigenvalue weighted by molar-refractivity contribution is 5.95. The van der Waals surface area contributed by atoms with Crippen molar-refractivity contribution in [2.45, 2.75) is 38.6 Å². The SMILES string of the molecule is CC(/C=C(\C)Nc1cc(C(F)(F)F)cc(C(F)(F)F)c1)=Nc1cc(C(F)(F)F)cc(C(F)(F)F)c1. The van der Waals surface area contributed by atoms with Gasteiger partial charge in [-0.1, -0.05) is 0 Å². The molecule has 0 aromatic heterocycles. The molecule has 0 radical (unpaired) electrons. The molecular weight excluding hydrogens is 508 g/mol. The van der Waals surface area contributed by atoms with Gasteiger partial charge < -0.3 is 5.32 Å². The summed E-state index contributed by atoms with van der Waals surface area (Å²) >= 11 is 0. The quantitative estimate of drug-likeness (QED) is 0.315. The summed E-state index contributed by atoms with van der Waals surface area (Å²) in [5.74, 6) is 0. The fourth-order valence-electron chi connectivity index (χ4n) is 2.84. The Morgan fingerprint density at radius 2 is 0.943 bits per heavy atom. The molecule has 14 heteroatoms. The van der Waals surface area contributed by atoms with Crippen LogP contribution in [0.15, 0.2) is 53.2 Å². The Balaban J connectivity index is 2.44. The zero-order chi connectivity index (χ0) is 27.0. The average molecular weight is 522 g/mol. The van der Waals surface area contributed by atoms with Crippen LogP contribution in [0.1, 0.15) is 36.1 Å². The molecule has 192 valence electrons. The molecule has 0 heterocycles. The van der Waals surface area contributed by atoms with Crippen LogP contribution in [0.3, 0.4) is 0 Å². The average Bonchev–Trinajstić information content (AvgIpc) is 2.64. The second kappa shape index (κ2) is 9.46. The molecule has 2 rings (SSSR count). The Hall–Kier alpha value is -3.19. The van der Waals surface area contributed by atoms with Crippen LogP contribution >= 0.6 is 0 Å². The van der Waals surface area contributed by atoms with E-state index in [0.29, 0.717) is 24.3 Å². The van der Waals surface area contributed by atoms with Crippen molar-refractivity contribution in [3.05, 3.63) is 70.4 Å². The van der Waals surface area contributed by atoms with Crippen molar-refractivity contribution in [3.63, 3.8) is 0 Å². The molecule has 0 aliphatic carbocycles. The first-order chi connectivity index (χ1) is 15.7.